The Kier molecular flexibility index (Phi) is 3.72. The van der Waals surface area contributed by atoms with Gasteiger partial charge in [0.1, 0.15) is 5.75 Å². The highest BCUT2D eigenvalue weighted by molar-refractivity contribution is 5.87. The largest absolute Gasteiger partial charge is 0.496 e. The van der Waals surface area contributed by atoms with E-state index >= 15 is 0 Å². The standard InChI is InChI=1S/C17H14N2O4/c1-23-15-5-3-2-4-13(15)14-10-16(20)18-19(14)12-8-6-11(7-9-12)17(21)22/h2-10H,1H3,(H,18,20)(H,21,22). The van der Waals surface area contributed by atoms with Gasteiger partial charge in [-0.3, -0.25) is 14.6 Å². The highest BCUT2D eigenvalue weighted by Crippen LogP contribution is 2.30. The van der Waals surface area contributed by atoms with Gasteiger partial charge in [0.05, 0.1) is 24.1 Å². The van der Waals surface area contributed by atoms with E-state index in [1.54, 1.807) is 23.9 Å². The molecule has 2 N–H and O–H groups in total. The number of hydrogen-bond donors (Lipinski definition) is 2. The minimum Gasteiger partial charge on any atom is -0.496 e. The minimum absolute atomic E-state index is 0.182. The number of aromatic nitrogens is 2. The number of rotatable bonds is 4. The van der Waals surface area contributed by atoms with Crippen molar-refractivity contribution in [2.75, 3.05) is 7.11 Å². The number of carboxylic acids is 1. The van der Waals surface area contributed by atoms with Crippen LogP contribution < -0.4 is 10.3 Å². The van der Waals surface area contributed by atoms with Crippen molar-refractivity contribution in [3.8, 4) is 22.7 Å². The number of H-pyrrole nitrogens is 1. The molecule has 0 unspecified atom stereocenters. The number of para-hydroxylation sites is 1. The molecule has 23 heavy (non-hydrogen) atoms. The van der Waals surface area contributed by atoms with Crippen molar-refractivity contribution < 1.29 is 14.6 Å². The summed E-state index contributed by atoms with van der Waals surface area (Å²) in [5, 5.41) is 11.7. The molecule has 6 nitrogen and oxygen atoms in total. The summed E-state index contributed by atoms with van der Waals surface area (Å²) >= 11 is 0. The third-order valence-corrected chi connectivity index (χ3v) is 3.49. The van der Waals surface area contributed by atoms with Gasteiger partial charge in [-0.15, -0.1) is 0 Å². The predicted molar refractivity (Wildman–Crippen MR) is 85.3 cm³/mol. The van der Waals surface area contributed by atoms with E-state index in [1.165, 1.54) is 18.2 Å². The van der Waals surface area contributed by atoms with Gasteiger partial charge in [0, 0.05) is 11.6 Å². The molecule has 0 spiro atoms. The molecule has 0 aliphatic rings. The van der Waals surface area contributed by atoms with E-state index in [1.807, 2.05) is 24.3 Å². The average Bonchev–Trinajstić information content (AvgIpc) is 2.96. The van der Waals surface area contributed by atoms with Gasteiger partial charge >= 0.3 is 5.97 Å². The van der Waals surface area contributed by atoms with Crippen LogP contribution in [0.3, 0.4) is 0 Å². The zero-order valence-electron chi connectivity index (χ0n) is 12.3. The van der Waals surface area contributed by atoms with E-state index in [0.717, 1.165) is 5.56 Å². The van der Waals surface area contributed by atoms with Gasteiger partial charge < -0.3 is 9.84 Å². The van der Waals surface area contributed by atoms with Crippen LogP contribution in [0.15, 0.2) is 59.4 Å². The molecular weight excluding hydrogens is 296 g/mol. The summed E-state index contributed by atoms with van der Waals surface area (Å²) in [6, 6.07) is 15.1. The van der Waals surface area contributed by atoms with Crippen molar-refractivity contribution in [1.29, 1.82) is 0 Å². The van der Waals surface area contributed by atoms with Crippen LogP contribution in [0.4, 0.5) is 0 Å². The lowest BCUT2D eigenvalue weighted by Crippen LogP contribution is -2.05. The Hall–Kier alpha value is -3.28. The van der Waals surface area contributed by atoms with Crippen molar-refractivity contribution in [2.45, 2.75) is 0 Å². The first-order chi connectivity index (χ1) is 11.1. The predicted octanol–water partition coefficient (Wildman–Crippen LogP) is 2.54. The zero-order valence-corrected chi connectivity index (χ0v) is 12.3. The molecule has 3 aromatic rings. The van der Waals surface area contributed by atoms with Crippen LogP contribution in [0.5, 0.6) is 5.75 Å². The van der Waals surface area contributed by atoms with Crippen LogP contribution in [0.25, 0.3) is 16.9 Å². The summed E-state index contributed by atoms with van der Waals surface area (Å²) in [6.45, 7) is 0. The van der Waals surface area contributed by atoms with Gasteiger partial charge in [-0.05, 0) is 36.4 Å². The maximum atomic E-state index is 11.8. The van der Waals surface area contributed by atoms with Gasteiger partial charge in [0.2, 0.25) is 0 Å². The SMILES string of the molecule is COc1ccccc1-c1cc(=O)[nH]n1-c1ccc(C(=O)O)cc1. The second-order valence-electron chi connectivity index (χ2n) is 4.89. The fraction of sp³-hybridized carbons (Fsp3) is 0.0588. The van der Waals surface area contributed by atoms with Crippen molar-refractivity contribution in [1.82, 2.24) is 9.78 Å². The van der Waals surface area contributed by atoms with E-state index in [-0.39, 0.29) is 11.1 Å². The molecule has 116 valence electrons. The molecule has 0 fully saturated rings. The average molecular weight is 310 g/mol. The van der Waals surface area contributed by atoms with Crippen molar-refractivity contribution in [2.24, 2.45) is 0 Å². The number of aromatic amines is 1. The topological polar surface area (TPSA) is 84.3 Å². The molecule has 0 saturated carbocycles. The number of ether oxygens (including phenoxy) is 1. The van der Waals surface area contributed by atoms with Gasteiger partial charge in [-0.25, -0.2) is 4.79 Å². The van der Waals surface area contributed by atoms with Gasteiger partial charge in [-0.1, -0.05) is 12.1 Å². The van der Waals surface area contributed by atoms with Crippen LogP contribution in [0.2, 0.25) is 0 Å². The molecule has 2 aromatic carbocycles. The lowest BCUT2D eigenvalue weighted by molar-refractivity contribution is 0.0697. The van der Waals surface area contributed by atoms with E-state index in [4.69, 9.17) is 9.84 Å². The van der Waals surface area contributed by atoms with Crippen LogP contribution in [0.1, 0.15) is 10.4 Å². The summed E-state index contributed by atoms with van der Waals surface area (Å²) in [5.41, 5.74) is 1.97. The molecule has 0 atom stereocenters. The maximum absolute atomic E-state index is 11.8. The molecule has 0 saturated heterocycles. The Labute approximate surface area is 131 Å². The molecule has 0 bridgehead atoms. The first-order valence-electron chi connectivity index (χ1n) is 6.89. The summed E-state index contributed by atoms with van der Waals surface area (Å²) in [7, 11) is 1.57. The first kappa shape index (κ1) is 14.6. The fourth-order valence-corrected chi connectivity index (χ4v) is 2.40. The summed E-state index contributed by atoms with van der Waals surface area (Å²) in [4.78, 5) is 22.8. The number of hydrogen-bond acceptors (Lipinski definition) is 3. The van der Waals surface area contributed by atoms with E-state index in [0.29, 0.717) is 17.1 Å². The Bertz CT molecular complexity index is 907. The summed E-state index contributed by atoms with van der Waals surface area (Å²) in [5.74, 6) is -0.357. The Balaban J connectivity index is 2.14. The highest BCUT2D eigenvalue weighted by atomic mass is 16.5. The van der Waals surface area contributed by atoms with Crippen LogP contribution in [-0.2, 0) is 0 Å². The molecular formula is C17H14N2O4. The lowest BCUT2D eigenvalue weighted by atomic mass is 10.1. The second-order valence-corrected chi connectivity index (χ2v) is 4.89. The third kappa shape index (κ3) is 2.74. The Morgan fingerprint density at radius 2 is 1.83 bits per heavy atom. The third-order valence-electron chi connectivity index (χ3n) is 3.49. The summed E-state index contributed by atoms with van der Waals surface area (Å²) < 4.78 is 6.95. The van der Waals surface area contributed by atoms with Gasteiger partial charge in [-0.2, -0.15) is 0 Å². The molecule has 1 heterocycles. The van der Waals surface area contributed by atoms with Crippen molar-refractivity contribution in [3.63, 3.8) is 0 Å². The number of methoxy groups -OCH3 is 1. The fourth-order valence-electron chi connectivity index (χ4n) is 2.40. The zero-order chi connectivity index (χ0) is 16.4. The van der Waals surface area contributed by atoms with Crippen molar-refractivity contribution in [3.05, 3.63) is 70.5 Å². The monoisotopic (exact) mass is 310 g/mol. The second kappa shape index (κ2) is 5.84. The highest BCUT2D eigenvalue weighted by Gasteiger charge is 2.13. The van der Waals surface area contributed by atoms with Crippen LogP contribution >= 0.6 is 0 Å². The number of carboxylic acid groups (broad SMARTS) is 1. The van der Waals surface area contributed by atoms with Gasteiger partial charge in [0.25, 0.3) is 5.56 Å². The van der Waals surface area contributed by atoms with Crippen LogP contribution in [0, 0.1) is 0 Å². The van der Waals surface area contributed by atoms with Gasteiger partial charge in [0.15, 0.2) is 0 Å². The number of nitrogens with one attached hydrogen (secondary N) is 1. The summed E-state index contributed by atoms with van der Waals surface area (Å²) in [6.07, 6.45) is 0. The number of carbonyl (C=O) groups is 1. The number of nitrogens with zero attached hydrogens (tertiary/aromatic N) is 1. The number of benzene rings is 2. The quantitative estimate of drug-likeness (QED) is 0.775. The van der Waals surface area contributed by atoms with E-state index in [9.17, 15) is 9.59 Å². The Morgan fingerprint density at radius 1 is 1.13 bits per heavy atom. The van der Waals surface area contributed by atoms with Crippen molar-refractivity contribution >= 4 is 5.97 Å². The molecule has 0 amide bonds. The Morgan fingerprint density at radius 3 is 2.48 bits per heavy atom. The molecule has 1 aromatic heterocycles. The van der Waals surface area contributed by atoms with E-state index in [2.05, 4.69) is 5.10 Å². The molecule has 0 aliphatic carbocycles. The molecule has 0 aliphatic heterocycles. The minimum atomic E-state index is -0.998. The molecule has 3 rings (SSSR count). The smallest absolute Gasteiger partial charge is 0.335 e. The normalized spacial score (nSPS) is 10.5. The molecule has 0 radical (unpaired) electrons. The van der Waals surface area contributed by atoms with E-state index < -0.39 is 5.97 Å². The van der Waals surface area contributed by atoms with Crippen LogP contribution in [-0.4, -0.2) is 28.0 Å². The first-order valence-corrected chi connectivity index (χ1v) is 6.89. The number of aromatic carboxylic acids is 1. The lowest BCUT2D eigenvalue weighted by Gasteiger charge is -2.11. The molecule has 6 heteroatoms. The maximum Gasteiger partial charge on any atom is 0.335 e.